The Balaban J connectivity index is 2.55. The number of rotatable bonds is 6. The maximum absolute atomic E-state index is 12.1. The number of ether oxygens (including phenoxy) is 1. The van der Waals surface area contributed by atoms with Crippen LogP contribution in [0.4, 0.5) is 13.2 Å². The van der Waals surface area contributed by atoms with E-state index in [1.165, 1.54) is 7.05 Å². The number of likely N-dealkylation sites (N-methyl/N-ethyl adjacent to an activating group) is 2. The van der Waals surface area contributed by atoms with Gasteiger partial charge in [-0.05, 0) is 13.5 Å². The molecule has 120 valence electrons. The van der Waals surface area contributed by atoms with Gasteiger partial charge >= 0.3 is 6.18 Å². The van der Waals surface area contributed by atoms with Gasteiger partial charge in [0.05, 0.1) is 18.3 Å². The van der Waals surface area contributed by atoms with Crippen LogP contribution in [-0.2, 0) is 14.8 Å². The van der Waals surface area contributed by atoms with E-state index in [1.807, 2.05) is 11.9 Å². The summed E-state index contributed by atoms with van der Waals surface area (Å²) in [6, 6.07) is -0.0365. The van der Waals surface area contributed by atoms with Crippen molar-refractivity contribution in [3.05, 3.63) is 0 Å². The first-order valence-electron chi connectivity index (χ1n) is 6.29. The number of hydrogen-bond acceptors (Lipinski definition) is 4. The van der Waals surface area contributed by atoms with E-state index in [0.717, 1.165) is 4.31 Å². The summed E-state index contributed by atoms with van der Waals surface area (Å²) in [5.41, 5.74) is 0. The molecule has 0 aromatic rings. The Hall–Kier alpha value is -0.380. The quantitative estimate of drug-likeness (QED) is 0.731. The second-order valence-electron chi connectivity index (χ2n) is 5.15. The van der Waals surface area contributed by atoms with Crippen LogP contribution < -0.4 is 0 Å². The predicted octanol–water partition coefficient (Wildman–Crippen LogP) is 0.919. The van der Waals surface area contributed by atoms with Crippen molar-refractivity contribution >= 4 is 10.0 Å². The summed E-state index contributed by atoms with van der Waals surface area (Å²) in [6.07, 6.45) is -5.07. The van der Waals surface area contributed by atoms with Gasteiger partial charge in [-0.1, -0.05) is 0 Å². The zero-order chi connectivity index (χ0) is 15.6. The lowest BCUT2D eigenvalue weighted by atomic mass is 10.2. The number of alkyl halides is 3. The Bertz CT molecular complexity index is 414. The molecular formula is C11H21F3N2O3S. The van der Waals surface area contributed by atoms with Crippen molar-refractivity contribution in [1.29, 1.82) is 0 Å². The highest BCUT2D eigenvalue weighted by Gasteiger charge is 2.35. The summed E-state index contributed by atoms with van der Waals surface area (Å²) in [7, 11) is 0.871. The topological polar surface area (TPSA) is 49.9 Å². The van der Waals surface area contributed by atoms with E-state index in [4.69, 9.17) is 4.74 Å². The van der Waals surface area contributed by atoms with Gasteiger partial charge in [0.2, 0.25) is 10.0 Å². The predicted molar refractivity (Wildman–Crippen MR) is 68.9 cm³/mol. The molecule has 0 unspecified atom stereocenters. The van der Waals surface area contributed by atoms with E-state index in [2.05, 4.69) is 0 Å². The molecule has 1 saturated heterocycles. The van der Waals surface area contributed by atoms with Crippen LogP contribution >= 0.6 is 0 Å². The Morgan fingerprint density at radius 3 is 2.45 bits per heavy atom. The average Bonchev–Trinajstić information content (AvgIpc) is 2.67. The third-order valence-corrected chi connectivity index (χ3v) is 5.39. The van der Waals surface area contributed by atoms with Crippen LogP contribution in [0, 0.1) is 0 Å². The molecular weight excluding hydrogens is 297 g/mol. The summed E-state index contributed by atoms with van der Waals surface area (Å²) in [6.45, 7) is 0.869. The summed E-state index contributed by atoms with van der Waals surface area (Å²) in [5.74, 6) is -0.906. The number of hydrogen-bond donors (Lipinski definition) is 0. The van der Waals surface area contributed by atoms with E-state index < -0.39 is 28.4 Å². The molecule has 1 fully saturated rings. The minimum Gasteiger partial charge on any atom is -0.380 e. The van der Waals surface area contributed by atoms with Crippen LogP contribution in [0.2, 0.25) is 0 Å². The standard InChI is InChI=1S/C11H21F3N2O3S/c1-15-8-10(19-3)6-9(15)7-16(2)20(17,18)5-4-11(12,13)14/h9-10H,4-8H2,1-3H3/t9-,10-/m0/s1. The smallest absolute Gasteiger partial charge is 0.380 e. The maximum Gasteiger partial charge on any atom is 0.390 e. The first kappa shape index (κ1) is 17.7. The van der Waals surface area contributed by atoms with Crippen molar-refractivity contribution in [1.82, 2.24) is 9.21 Å². The summed E-state index contributed by atoms with van der Waals surface area (Å²) < 4.78 is 66.1. The molecule has 0 N–H and O–H groups in total. The lowest BCUT2D eigenvalue weighted by Gasteiger charge is -2.25. The molecule has 20 heavy (non-hydrogen) atoms. The second-order valence-corrected chi connectivity index (χ2v) is 7.34. The van der Waals surface area contributed by atoms with E-state index in [1.54, 1.807) is 7.11 Å². The largest absolute Gasteiger partial charge is 0.390 e. The molecule has 0 amide bonds. The Labute approximate surface area is 117 Å². The molecule has 0 spiro atoms. The first-order chi connectivity index (χ1) is 9.05. The van der Waals surface area contributed by atoms with Gasteiger partial charge in [-0.3, -0.25) is 4.90 Å². The normalized spacial score (nSPS) is 25.6. The molecule has 5 nitrogen and oxygen atoms in total. The zero-order valence-corrected chi connectivity index (χ0v) is 12.7. The van der Waals surface area contributed by atoms with Crippen LogP contribution in [0.15, 0.2) is 0 Å². The van der Waals surface area contributed by atoms with Crippen LogP contribution in [0.3, 0.4) is 0 Å². The summed E-state index contributed by atoms with van der Waals surface area (Å²) in [4.78, 5) is 1.96. The highest BCUT2D eigenvalue weighted by atomic mass is 32.2. The van der Waals surface area contributed by atoms with E-state index in [-0.39, 0.29) is 18.7 Å². The van der Waals surface area contributed by atoms with Gasteiger partial charge in [-0.15, -0.1) is 0 Å². The second kappa shape index (κ2) is 6.59. The van der Waals surface area contributed by atoms with Crippen LogP contribution in [0.25, 0.3) is 0 Å². The van der Waals surface area contributed by atoms with Crippen LogP contribution in [0.5, 0.6) is 0 Å². The molecule has 0 saturated carbocycles. The molecule has 0 bridgehead atoms. The number of sulfonamides is 1. The van der Waals surface area contributed by atoms with Crippen molar-refractivity contribution in [2.75, 3.05) is 40.0 Å². The van der Waals surface area contributed by atoms with Gasteiger partial charge in [0.1, 0.15) is 0 Å². The molecule has 2 atom stereocenters. The third kappa shape index (κ3) is 5.19. The molecule has 1 aliphatic rings. The lowest BCUT2D eigenvalue weighted by Crippen LogP contribution is -2.40. The molecule has 1 heterocycles. The molecule has 9 heteroatoms. The number of halogens is 3. The van der Waals surface area contributed by atoms with Gasteiger partial charge in [0.25, 0.3) is 0 Å². The maximum atomic E-state index is 12.1. The van der Waals surface area contributed by atoms with Gasteiger partial charge in [-0.2, -0.15) is 13.2 Å². The number of nitrogens with zero attached hydrogens (tertiary/aromatic N) is 2. The fourth-order valence-corrected chi connectivity index (χ4v) is 3.42. The van der Waals surface area contributed by atoms with Crippen molar-refractivity contribution < 1.29 is 26.3 Å². The van der Waals surface area contributed by atoms with E-state index in [9.17, 15) is 21.6 Å². The van der Waals surface area contributed by atoms with Crippen molar-refractivity contribution in [2.24, 2.45) is 0 Å². The fraction of sp³-hybridized carbons (Fsp3) is 1.00. The number of likely N-dealkylation sites (tertiary alicyclic amines) is 1. The number of methoxy groups -OCH3 is 1. The third-order valence-electron chi connectivity index (χ3n) is 3.57. The van der Waals surface area contributed by atoms with Crippen molar-refractivity contribution in [3.63, 3.8) is 0 Å². The lowest BCUT2D eigenvalue weighted by molar-refractivity contribution is -0.130. The molecule has 1 rings (SSSR count). The van der Waals surface area contributed by atoms with Crippen molar-refractivity contribution in [2.45, 2.75) is 31.2 Å². The highest BCUT2D eigenvalue weighted by molar-refractivity contribution is 7.89. The average molecular weight is 318 g/mol. The molecule has 0 aromatic heterocycles. The van der Waals surface area contributed by atoms with Crippen LogP contribution in [-0.4, -0.2) is 76.0 Å². The highest BCUT2D eigenvalue weighted by Crippen LogP contribution is 2.22. The SMILES string of the molecule is CO[C@H]1C[C@@H](CN(C)S(=O)(=O)CCC(F)(F)F)N(C)C1. The monoisotopic (exact) mass is 318 g/mol. The Kier molecular flexibility index (Phi) is 5.82. The first-order valence-corrected chi connectivity index (χ1v) is 7.90. The summed E-state index contributed by atoms with van der Waals surface area (Å²) in [5, 5.41) is 0. The minimum atomic E-state index is -4.46. The van der Waals surface area contributed by atoms with Gasteiger partial charge in [-0.25, -0.2) is 12.7 Å². The molecule has 1 aliphatic heterocycles. The van der Waals surface area contributed by atoms with E-state index >= 15 is 0 Å². The van der Waals surface area contributed by atoms with E-state index in [0.29, 0.717) is 13.0 Å². The van der Waals surface area contributed by atoms with Gasteiger partial charge in [0, 0.05) is 33.3 Å². The molecule has 0 radical (unpaired) electrons. The molecule has 0 aromatic carbocycles. The summed E-state index contributed by atoms with van der Waals surface area (Å²) >= 11 is 0. The van der Waals surface area contributed by atoms with Crippen molar-refractivity contribution in [3.8, 4) is 0 Å². The van der Waals surface area contributed by atoms with Gasteiger partial charge in [0.15, 0.2) is 0 Å². The van der Waals surface area contributed by atoms with Gasteiger partial charge < -0.3 is 4.74 Å². The fourth-order valence-electron chi connectivity index (χ4n) is 2.22. The Morgan fingerprint density at radius 1 is 1.40 bits per heavy atom. The Morgan fingerprint density at radius 2 is 2.00 bits per heavy atom. The zero-order valence-electron chi connectivity index (χ0n) is 11.9. The van der Waals surface area contributed by atoms with Crippen LogP contribution in [0.1, 0.15) is 12.8 Å². The molecule has 0 aliphatic carbocycles. The minimum absolute atomic E-state index is 0.0365.